The minimum absolute atomic E-state index is 0.0235. The maximum Gasteiger partial charge on any atom is 0.314 e. The Morgan fingerprint density at radius 2 is 1.84 bits per heavy atom. The van der Waals surface area contributed by atoms with E-state index in [1.165, 1.54) is 0 Å². The molecule has 1 heterocycles. The number of para-hydroxylation sites is 1. The smallest absolute Gasteiger partial charge is 0.314 e. The Morgan fingerprint density at radius 3 is 2.42 bits per heavy atom. The molecule has 0 spiro atoms. The summed E-state index contributed by atoms with van der Waals surface area (Å²) in [5, 5.41) is 3.49. The standard InChI is InChI=1S/C16H23NO2/c1-3-10-16(11-4-2)14(12-19-15(16)18)17-13-8-6-5-7-9-13/h5-9,14,17H,3-4,10-12H2,1-2H3/t14-/m0/s1. The van der Waals surface area contributed by atoms with Crippen LogP contribution in [0.2, 0.25) is 0 Å². The Balaban J connectivity index is 2.19. The third-order valence-corrected chi connectivity index (χ3v) is 3.96. The summed E-state index contributed by atoms with van der Waals surface area (Å²) in [6.07, 6.45) is 3.79. The molecule has 1 aromatic carbocycles. The van der Waals surface area contributed by atoms with Crippen molar-refractivity contribution in [3.8, 4) is 0 Å². The molecular weight excluding hydrogens is 238 g/mol. The van der Waals surface area contributed by atoms with Crippen LogP contribution in [0.3, 0.4) is 0 Å². The molecule has 0 amide bonds. The van der Waals surface area contributed by atoms with Gasteiger partial charge in [-0.2, -0.15) is 0 Å². The number of hydrogen-bond acceptors (Lipinski definition) is 3. The van der Waals surface area contributed by atoms with E-state index in [0.717, 1.165) is 31.4 Å². The second kappa shape index (κ2) is 6.09. The summed E-state index contributed by atoms with van der Waals surface area (Å²) in [5.74, 6) is -0.0235. The predicted octanol–water partition coefficient (Wildman–Crippen LogP) is 3.61. The van der Waals surface area contributed by atoms with Crippen LogP contribution in [0.15, 0.2) is 30.3 Å². The SMILES string of the molecule is CCCC1(CCC)C(=O)OC[C@@H]1Nc1ccccc1. The van der Waals surface area contributed by atoms with Crippen LogP contribution in [0, 0.1) is 5.41 Å². The maximum atomic E-state index is 12.2. The van der Waals surface area contributed by atoms with Crippen LogP contribution < -0.4 is 5.32 Å². The molecule has 3 nitrogen and oxygen atoms in total. The number of cyclic esters (lactones) is 1. The number of esters is 1. The van der Waals surface area contributed by atoms with Crippen molar-refractivity contribution >= 4 is 11.7 Å². The number of hydrogen-bond donors (Lipinski definition) is 1. The lowest BCUT2D eigenvalue weighted by atomic mass is 9.74. The fraction of sp³-hybridized carbons (Fsp3) is 0.562. The van der Waals surface area contributed by atoms with Crippen LogP contribution in [0.25, 0.3) is 0 Å². The molecular formula is C16H23NO2. The fourth-order valence-electron chi connectivity index (χ4n) is 3.09. The van der Waals surface area contributed by atoms with Crippen molar-refractivity contribution in [1.82, 2.24) is 0 Å². The Hall–Kier alpha value is -1.51. The quantitative estimate of drug-likeness (QED) is 0.795. The first-order valence-electron chi connectivity index (χ1n) is 7.21. The van der Waals surface area contributed by atoms with Crippen molar-refractivity contribution in [1.29, 1.82) is 0 Å². The zero-order valence-corrected chi connectivity index (χ0v) is 11.8. The monoisotopic (exact) mass is 261 g/mol. The Morgan fingerprint density at radius 1 is 1.21 bits per heavy atom. The lowest BCUT2D eigenvalue weighted by Crippen LogP contribution is -2.41. The summed E-state index contributed by atoms with van der Waals surface area (Å²) in [5.41, 5.74) is 0.710. The first-order valence-corrected chi connectivity index (χ1v) is 7.21. The highest BCUT2D eigenvalue weighted by molar-refractivity contribution is 5.81. The Kier molecular flexibility index (Phi) is 4.46. The van der Waals surface area contributed by atoms with Gasteiger partial charge in [-0.25, -0.2) is 0 Å². The largest absolute Gasteiger partial charge is 0.463 e. The van der Waals surface area contributed by atoms with Gasteiger partial charge in [-0.05, 0) is 25.0 Å². The van der Waals surface area contributed by atoms with Crippen LogP contribution in [-0.4, -0.2) is 18.6 Å². The number of carbonyl (C=O) groups is 1. The predicted molar refractivity (Wildman–Crippen MR) is 77.1 cm³/mol. The average molecular weight is 261 g/mol. The van der Waals surface area contributed by atoms with Crippen LogP contribution >= 0.6 is 0 Å². The Bertz CT molecular complexity index is 410. The summed E-state index contributed by atoms with van der Waals surface area (Å²) in [7, 11) is 0. The number of anilines is 1. The molecule has 1 N–H and O–H groups in total. The van der Waals surface area contributed by atoms with Gasteiger partial charge in [0.15, 0.2) is 0 Å². The second-order valence-corrected chi connectivity index (χ2v) is 5.32. The zero-order chi connectivity index (χ0) is 13.7. The molecule has 1 atom stereocenters. The molecule has 3 heteroatoms. The van der Waals surface area contributed by atoms with Crippen LogP contribution in [0.1, 0.15) is 39.5 Å². The first-order chi connectivity index (χ1) is 9.23. The van der Waals surface area contributed by atoms with Crippen LogP contribution in [-0.2, 0) is 9.53 Å². The summed E-state index contributed by atoms with van der Waals surface area (Å²) in [6.45, 7) is 4.74. The minimum Gasteiger partial charge on any atom is -0.463 e. The maximum absolute atomic E-state index is 12.2. The topological polar surface area (TPSA) is 38.3 Å². The molecule has 0 unspecified atom stereocenters. The molecule has 0 aromatic heterocycles. The molecule has 0 radical (unpaired) electrons. The zero-order valence-electron chi connectivity index (χ0n) is 11.8. The summed E-state index contributed by atoms with van der Waals surface area (Å²) < 4.78 is 5.36. The van der Waals surface area contributed by atoms with Crippen molar-refractivity contribution in [3.05, 3.63) is 30.3 Å². The number of carbonyl (C=O) groups excluding carboxylic acids is 1. The van der Waals surface area contributed by atoms with Gasteiger partial charge in [-0.3, -0.25) is 4.79 Å². The van der Waals surface area contributed by atoms with Crippen LogP contribution in [0.4, 0.5) is 5.69 Å². The fourth-order valence-corrected chi connectivity index (χ4v) is 3.09. The van der Waals surface area contributed by atoms with Gasteiger partial charge >= 0.3 is 5.97 Å². The van der Waals surface area contributed by atoms with E-state index < -0.39 is 0 Å². The van der Waals surface area contributed by atoms with Gasteiger partial charge in [-0.15, -0.1) is 0 Å². The van der Waals surface area contributed by atoms with E-state index >= 15 is 0 Å². The molecule has 0 saturated carbocycles. The molecule has 2 rings (SSSR count). The van der Waals surface area contributed by atoms with Gasteiger partial charge in [0, 0.05) is 5.69 Å². The number of benzene rings is 1. The van der Waals surface area contributed by atoms with Crippen LogP contribution in [0.5, 0.6) is 0 Å². The van der Waals surface area contributed by atoms with Gasteiger partial charge in [0.2, 0.25) is 0 Å². The molecule has 1 aliphatic rings. The van der Waals surface area contributed by atoms with E-state index in [0.29, 0.717) is 6.61 Å². The van der Waals surface area contributed by atoms with Gasteiger partial charge in [0.05, 0.1) is 11.5 Å². The first kappa shape index (κ1) is 13.9. The molecule has 1 aromatic rings. The highest BCUT2D eigenvalue weighted by Gasteiger charge is 2.50. The van der Waals surface area contributed by atoms with Gasteiger partial charge in [0.25, 0.3) is 0 Å². The van der Waals surface area contributed by atoms with E-state index in [2.05, 4.69) is 19.2 Å². The number of ether oxygens (including phenoxy) is 1. The van der Waals surface area contributed by atoms with E-state index in [-0.39, 0.29) is 17.4 Å². The number of rotatable bonds is 6. The van der Waals surface area contributed by atoms with Crippen molar-refractivity contribution in [3.63, 3.8) is 0 Å². The third kappa shape index (κ3) is 2.75. The molecule has 0 aliphatic carbocycles. The van der Waals surface area contributed by atoms with E-state index in [9.17, 15) is 4.79 Å². The van der Waals surface area contributed by atoms with E-state index in [1.54, 1.807) is 0 Å². The molecule has 0 bridgehead atoms. The normalized spacial score (nSPS) is 21.2. The second-order valence-electron chi connectivity index (χ2n) is 5.32. The highest BCUT2D eigenvalue weighted by atomic mass is 16.5. The minimum atomic E-state index is -0.348. The van der Waals surface area contributed by atoms with E-state index in [1.807, 2.05) is 30.3 Å². The lowest BCUT2D eigenvalue weighted by Gasteiger charge is -2.31. The summed E-state index contributed by atoms with van der Waals surface area (Å²) in [6, 6.07) is 10.1. The average Bonchev–Trinajstić information content (AvgIpc) is 2.70. The molecule has 19 heavy (non-hydrogen) atoms. The summed E-state index contributed by atoms with van der Waals surface area (Å²) >= 11 is 0. The van der Waals surface area contributed by atoms with Gasteiger partial charge < -0.3 is 10.1 Å². The van der Waals surface area contributed by atoms with Crippen molar-refractivity contribution in [2.75, 3.05) is 11.9 Å². The number of nitrogens with one attached hydrogen (secondary N) is 1. The molecule has 1 saturated heterocycles. The van der Waals surface area contributed by atoms with Crippen molar-refractivity contribution < 1.29 is 9.53 Å². The molecule has 1 fully saturated rings. The van der Waals surface area contributed by atoms with Gasteiger partial charge in [0.1, 0.15) is 6.61 Å². The Labute approximate surface area is 115 Å². The lowest BCUT2D eigenvalue weighted by molar-refractivity contribution is -0.147. The van der Waals surface area contributed by atoms with Gasteiger partial charge in [-0.1, -0.05) is 44.9 Å². The van der Waals surface area contributed by atoms with E-state index in [4.69, 9.17) is 4.74 Å². The summed E-state index contributed by atoms with van der Waals surface area (Å²) in [4.78, 5) is 12.2. The molecule has 1 aliphatic heterocycles. The van der Waals surface area contributed by atoms with Crippen molar-refractivity contribution in [2.24, 2.45) is 5.41 Å². The highest BCUT2D eigenvalue weighted by Crippen LogP contribution is 2.41. The molecule has 104 valence electrons. The van der Waals surface area contributed by atoms with Crippen molar-refractivity contribution in [2.45, 2.75) is 45.6 Å². The third-order valence-electron chi connectivity index (χ3n) is 3.96.